The Balaban J connectivity index is 2.40. The second-order valence-electron chi connectivity index (χ2n) is 3.64. The summed E-state index contributed by atoms with van der Waals surface area (Å²) < 4.78 is 0. The summed E-state index contributed by atoms with van der Waals surface area (Å²) in [5.74, 6) is -0.211. The second-order valence-corrected chi connectivity index (χ2v) is 3.64. The van der Waals surface area contributed by atoms with Gasteiger partial charge in [-0.05, 0) is 30.7 Å². The smallest absolute Gasteiger partial charge is 0.366 e. The van der Waals surface area contributed by atoms with E-state index >= 15 is 0 Å². The highest BCUT2D eigenvalue weighted by atomic mass is 16.6. The summed E-state index contributed by atoms with van der Waals surface area (Å²) in [4.78, 5) is 9.94. The maximum absolute atomic E-state index is 10.5. The molecule has 1 heterocycles. The van der Waals surface area contributed by atoms with Crippen LogP contribution in [0.15, 0.2) is 0 Å². The summed E-state index contributed by atoms with van der Waals surface area (Å²) >= 11 is 0. The number of nitrogen functional groups attached to an aromatic ring is 1. The van der Waals surface area contributed by atoms with E-state index in [1.165, 1.54) is 0 Å². The molecule has 1 rings (SSSR count). The lowest BCUT2D eigenvalue weighted by Gasteiger charge is -1.98. The molecule has 5 N–H and O–H groups in total. The summed E-state index contributed by atoms with van der Waals surface area (Å²) in [6.07, 6.45) is 4.71. The summed E-state index contributed by atoms with van der Waals surface area (Å²) in [5, 5.41) is 16.7. The maximum atomic E-state index is 10.5. The predicted octanol–water partition coefficient (Wildman–Crippen LogP) is 0.962. The molecule has 0 aliphatic rings. The van der Waals surface area contributed by atoms with Crippen LogP contribution in [0.1, 0.15) is 31.4 Å². The Kier molecular flexibility index (Phi) is 4.71. The standard InChI is InChI=1S/C9H17N5O2/c10-6-4-2-1-3-5-7-8(11)9(13-12-7)14(15)16/h1-6,10-11H2,(H,12,13). The molecule has 0 unspecified atom stereocenters. The Hall–Kier alpha value is -1.63. The number of hydrogen-bond acceptors (Lipinski definition) is 5. The van der Waals surface area contributed by atoms with Gasteiger partial charge in [0, 0.05) is 0 Å². The number of unbranched alkanes of at least 4 members (excludes halogenated alkanes) is 3. The first kappa shape index (κ1) is 12.4. The number of anilines is 1. The highest BCUT2D eigenvalue weighted by Crippen LogP contribution is 2.22. The van der Waals surface area contributed by atoms with Crippen molar-refractivity contribution in [2.24, 2.45) is 5.73 Å². The predicted molar refractivity (Wildman–Crippen MR) is 60.9 cm³/mol. The van der Waals surface area contributed by atoms with Crippen LogP contribution in [0, 0.1) is 10.1 Å². The van der Waals surface area contributed by atoms with Crippen LogP contribution in [0.25, 0.3) is 0 Å². The molecular weight excluding hydrogens is 210 g/mol. The number of rotatable bonds is 7. The van der Waals surface area contributed by atoms with Crippen LogP contribution in [-0.2, 0) is 6.42 Å². The van der Waals surface area contributed by atoms with E-state index in [4.69, 9.17) is 11.5 Å². The van der Waals surface area contributed by atoms with Gasteiger partial charge in [-0.1, -0.05) is 17.9 Å². The van der Waals surface area contributed by atoms with Crippen LogP contribution in [0.4, 0.5) is 11.5 Å². The molecule has 7 heteroatoms. The van der Waals surface area contributed by atoms with Crippen molar-refractivity contribution in [3.8, 4) is 0 Å². The first-order valence-corrected chi connectivity index (χ1v) is 5.34. The zero-order valence-corrected chi connectivity index (χ0v) is 9.11. The lowest BCUT2D eigenvalue weighted by molar-refractivity contribution is -0.388. The zero-order valence-electron chi connectivity index (χ0n) is 9.11. The molecule has 0 aliphatic carbocycles. The fraction of sp³-hybridized carbons (Fsp3) is 0.667. The number of aromatic nitrogens is 2. The van der Waals surface area contributed by atoms with Crippen LogP contribution in [0.2, 0.25) is 0 Å². The van der Waals surface area contributed by atoms with Crippen LogP contribution in [0.5, 0.6) is 0 Å². The molecule has 0 saturated carbocycles. The van der Waals surface area contributed by atoms with E-state index in [1.54, 1.807) is 0 Å². The van der Waals surface area contributed by atoms with Crippen molar-refractivity contribution in [3.05, 3.63) is 15.8 Å². The van der Waals surface area contributed by atoms with Crippen LogP contribution in [0.3, 0.4) is 0 Å². The minimum atomic E-state index is -0.555. The monoisotopic (exact) mass is 227 g/mol. The van der Waals surface area contributed by atoms with Crippen LogP contribution in [-0.4, -0.2) is 21.7 Å². The molecule has 90 valence electrons. The van der Waals surface area contributed by atoms with Crippen molar-refractivity contribution in [2.45, 2.75) is 32.1 Å². The molecule has 0 aromatic carbocycles. The molecule has 7 nitrogen and oxygen atoms in total. The topological polar surface area (TPSA) is 124 Å². The van der Waals surface area contributed by atoms with E-state index in [-0.39, 0.29) is 11.5 Å². The minimum Gasteiger partial charge on any atom is -0.390 e. The first-order chi connectivity index (χ1) is 7.66. The molecule has 0 bridgehead atoms. The van der Waals surface area contributed by atoms with Gasteiger partial charge in [0.05, 0.1) is 0 Å². The number of nitrogens with two attached hydrogens (primary N) is 2. The Morgan fingerprint density at radius 1 is 1.31 bits per heavy atom. The molecule has 0 saturated heterocycles. The van der Waals surface area contributed by atoms with Crippen molar-refractivity contribution >= 4 is 11.5 Å². The molecule has 0 atom stereocenters. The molecule has 16 heavy (non-hydrogen) atoms. The van der Waals surface area contributed by atoms with E-state index in [2.05, 4.69) is 10.2 Å². The van der Waals surface area contributed by atoms with Crippen molar-refractivity contribution in [1.29, 1.82) is 0 Å². The Bertz CT molecular complexity index is 350. The van der Waals surface area contributed by atoms with Crippen LogP contribution >= 0.6 is 0 Å². The van der Waals surface area contributed by atoms with Crippen molar-refractivity contribution < 1.29 is 4.92 Å². The lowest BCUT2D eigenvalue weighted by Crippen LogP contribution is -1.98. The fourth-order valence-electron chi connectivity index (χ4n) is 1.50. The van der Waals surface area contributed by atoms with Gasteiger partial charge in [-0.2, -0.15) is 0 Å². The third-order valence-corrected chi connectivity index (χ3v) is 2.41. The van der Waals surface area contributed by atoms with Gasteiger partial charge in [-0.15, -0.1) is 5.10 Å². The van der Waals surface area contributed by atoms with E-state index in [9.17, 15) is 10.1 Å². The fourth-order valence-corrected chi connectivity index (χ4v) is 1.50. The van der Waals surface area contributed by atoms with Gasteiger partial charge >= 0.3 is 5.82 Å². The van der Waals surface area contributed by atoms with Crippen molar-refractivity contribution in [3.63, 3.8) is 0 Å². The molecule has 0 spiro atoms. The zero-order chi connectivity index (χ0) is 12.0. The number of nitro groups is 1. The van der Waals surface area contributed by atoms with Gasteiger partial charge in [0.2, 0.25) is 0 Å². The minimum absolute atomic E-state index is 0.156. The highest BCUT2D eigenvalue weighted by molar-refractivity contribution is 5.56. The summed E-state index contributed by atoms with van der Waals surface area (Å²) in [6, 6.07) is 0. The summed E-state index contributed by atoms with van der Waals surface area (Å²) in [7, 11) is 0. The van der Waals surface area contributed by atoms with Gasteiger partial charge in [0.1, 0.15) is 5.69 Å². The summed E-state index contributed by atoms with van der Waals surface area (Å²) in [6.45, 7) is 0.704. The summed E-state index contributed by atoms with van der Waals surface area (Å²) in [5.41, 5.74) is 11.7. The molecule has 1 aromatic heterocycles. The average molecular weight is 227 g/mol. The first-order valence-electron chi connectivity index (χ1n) is 5.34. The number of nitrogens with one attached hydrogen (secondary N) is 1. The van der Waals surface area contributed by atoms with Crippen molar-refractivity contribution in [2.75, 3.05) is 12.3 Å². The highest BCUT2D eigenvalue weighted by Gasteiger charge is 2.17. The van der Waals surface area contributed by atoms with Gasteiger partial charge < -0.3 is 21.6 Å². The van der Waals surface area contributed by atoms with E-state index in [1.807, 2.05) is 0 Å². The number of nitrogens with zero attached hydrogens (tertiary/aromatic N) is 2. The third kappa shape index (κ3) is 3.20. The van der Waals surface area contributed by atoms with Gasteiger partial charge in [0.15, 0.2) is 5.69 Å². The molecule has 1 aromatic rings. The lowest BCUT2D eigenvalue weighted by atomic mass is 10.1. The molecular formula is C9H17N5O2. The molecule has 0 radical (unpaired) electrons. The Morgan fingerprint density at radius 2 is 2.00 bits per heavy atom. The molecule has 0 fully saturated rings. The molecule has 0 amide bonds. The third-order valence-electron chi connectivity index (χ3n) is 2.41. The van der Waals surface area contributed by atoms with Crippen LogP contribution < -0.4 is 11.5 Å². The Labute approximate surface area is 93.4 Å². The average Bonchev–Trinajstić information content (AvgIpc) is 2.60. The van der Waals surface area contributed by atoms with E-state index in [0.717, 1.165) is 25.7 Å². The molecule has 0 aliphatic heterocycles. The largest absolute Gasteiger partial charge is 0.390 e. The SMILES string of the molecule is NCCCCCCc1n[nH]c([N+](=O)[O-])c1N. The number of aryl methyl sites for hydroxylation is 1. The Morgan fingerprint density at radius 3 is 2.56 bits per heavy atom. The van der Waals surface area contributed by atoms with Gasteiger partial charge in [-0.25, -0.2) is 0 Å². The van der Waals surface area contributed by atoms with Gasteiger partial charge in [-0.3, -0.25) is 0 Å². The van der Waals surface area contributed by atoms with E-state index < -0.39 is 4.92 Å². The van der Waals surface area contributed by atoms with E-state index in [0.29, 0.717) is 18.7 Å². The maximum Gasteiger partial charge on any atom is 0.366 e. The number of hydrogen-bond donors (Lipinski definition) is 3. The normalized spacial score (nSPS) is 10.6. The number of H-pyrrole nitrogens is 1. The van der Waals surface area contributed by atoms with Crippen molar-refractivity contribution in [1.82, 2.24) is 10.2 Å². The second kappa shape index (κ2) is 6.06. The van der Waals surface area contributed by atoms with Gasteiger partial charge in [0.25, 0.3) is 0 Å². The number of aromatic amines is 1. The quantitative estimate of drug-likeness (QED) is 0.363.